The first kappa shape index (κ1) is 11.8. The molecule has 0 spiro atoms. The maximum absolute atomic E-state index is 11.2. The van der Waals surface area contributed by atoms with E-state index < -0.39 is 11.9 Å². The maximum atomic E-state index is 11.2. The molecule has 0 aromatic rings. The molecule has 0 aromatic carbocycles. The molecule has 4 nitrogen and oxygen atoms in total. The summed E-state index contributed by atoms with van der Waals surface area (Å²) >= 11 is 0. The summed E-state index contributed by atoms with van der Waals surface area (Å²) in [5.41, 5.74) is -0.232. The van der Waals surface area contributed by atoms with Gasteiger partial charge in [0.25, 0.3) is 0 Å². The van der Waals surface area contributed by atoms with Crippen LogP contribution in [0.4, 0.5) is 0 Å². The van der Waals surface area contributed by atoms with Crippen molar-refractivity contribution >= 4 is 11.9 Å². The summed E-state index contributed by atoms with van der Waals surface area (Å²) < 4.78 is 4.43. The number of carboxylic acids is 1. The number of carbonyl (C=O) groups is 2. The Hall–Kier alpha value is -1.32. The van der Waals surface area contributed by atoms with Crippen molar-refractivity contribution in [2.24, 2.45) is 5.92 Å². The Morgan fingerprint density at radius 3 is 2.33 bits per heavy atom. The average molecular weight is 212 g/mol. The molecule has 15 heavy (non-hydrogen) atoms. The van der Waals surface area contributed by atoms with Crippen molar-refractivity contribution in [1.29, 1.82) is 0 Å². The first-order valence-corrected chi connectivity index (χ1v) is 5.18. The lowest BCUT2D eigenvalue weighted by Crippen LogP contribution is -2.16. The molecule has 0 unspecified atom stereocenters. The molecule has 1 aliphatic carbocycles. The Morgan fingerprint density at radius 2 is 1.87 bits per heavy atom. The quantitative estimate of drug-likeness (QED) is 0.335. The molecule has 0 radical (unpaired) electrons. The summed E-state index contributed by atoms with van der Waals surface area (Å²) in [6.07, 6.45) is 6.89. The first-order valence-electron chi connectivity index (χ1n) is 5.18. The molecule has 0 saturated heterocycles. The van der Waals surface area contributed by atoms with Crippen LogP contribution in [0, 0.1) is 5.92 Å². The Morgan fingerprint density at radius 1 is 1.27 bits per heavy atom. The number of ether oxygens (including phenoxy) is 1. The van der Waals surface area contributed by atoms with Gasteiger partial charge >= 0.3 is 11.9 Å². The fraction of sp³-hybridized carbons (Fsp3) is 0.636. The molecule has 0 bridgehead atoms. The molecule has 0 heterocycles. The van der Waals surface area contributed by atoms with Crippen molar-refractivity contribution in [3.63, 3.8) is 0 Å². The highest BCUT2D eigenvalue weighted by Gasteiger charge is 2.21. The van der Waals surface area contributed by atoms with Crippen LogP contribution in [0.25, 0.3) is 0 Å². The monoisotopic (exact) mass is 212 g/mol. The molecule has 1 fully saturated rings. The molecule has 4 heteroatoms. The van der Waals surface area contributed by atoms with Crippen LogP contribution in [0.1, 0.15) is 32.1 Å². The van der Waals surface area contributed by atoms with Crippen LogP contribution < -0.4 is 0 Å². The molecule has 1 aliphatic rings. The van der Waals surface area contributed by atoms with Gasteiger partial charge in [-0.05, 0) is 18.8 Å². The average Bonchev–Trinajstić information content (AvgIpc) is 2.26. The third kappa shape index (κ3) is 3.38. The SMILES string of the molecule is COC(=O)C(=CC1CCCCC1)C(=O)O. The molecule has 1 saturated carbocycles. The molecular formula is C11H16O4. The van der Waals surface area contributed by atoms with Gasteiger partial charge in [-0.2, -0.15) is 0 Å². The lowest BCUT2D eigenvalue weighted by Gasteiger charge is -2.18. The lowest BCUT2D eigenvalue weighted by atomic mass is 9.88. The van der Waals surface area contributed by atoms with Crippen LogP contribution in [-0.2, 0) is 14.3 Å². The second-order valence-electron chi connectivity index (χ2n) is 3.78. The Labute approximate surface area is 88.9 Å². The Bertz CT molecular complexity index is 274. The van der Waals surface area contributed by atoms with E-state index in [2.05, 4.69) is 4.74 Å². The zero-order valence-electron chi connectivity index (χ0n) is 8.86. The number of carbonyl (C=O) groups excluding carboxylic acids is 1. The number of hydrogen-bond acceptors (Lipinski definition) is 3. The molecular weight excluding hydrogens is 196 g/mol. The molecule has 0 aromatic heterocycles. The molecule has 1 N–H and O–H groups in total. The van der Waals surface area contributed by atoms with E-state index in [4.69, 9.17) is 5.11 Å². The zero-order valence-corrected chi connectivity index (χ0v) is 8.86. The molecule has 0 aliphatic heterocycles. The van der Waals surface area contributed by atoms with E-state index >= 15 is 0 Å². The highest BCUT2D eigenvalue weighted by Crippen LogP contribution is 2.25. The molecule has 0 amide bonds. The highest BCUT2D eigenvalue weighted by molar-refractivity contribution is 6.13. The number of esters is 1. The van der Waals surface area contributed by atoms with Gasteiger partial charge in [-0.15, -0.1) is 0 Å². The smallest absolute Gasteiger partial charge is 0.344 e. The number of aliphatic carboxylic acids is 1. The van der Waals surface area contributed by atoms with E-state index in [-0.39, 0.29) is 11.5 Å². The second kappa shape index (κ2) is 5.53. The van der Waals surface area contributed by atoms with E-state index in [1.54, 1.807) is 6.08 Å². The van der Waals surface area contributed by atoms with E-state index in [1.165, 1.54) is 13.5 Å². The second-order valence-corrected chi connectivity index (χ2v) is 3.78. The van der Waals surface area contributed by atoms with Crippen LogP contribution in [0.2, 0.25) is 0 Å². The van der Waals surface area contributed by atoms with Crippen LogP contribution >= 0.6 is 0 Å². The predicted octanol–water partition coefficient (Wildman–Crippen LogP) is 1.75. The molecule has 1 rings (SSSR count). The number of allylic oxidation sites excluding steroid dienone is 1. The van der Waals surface area contributed by atoms with Gasteiger partial charge in [0.05, 0.1) is 7.11 Å². The van der Waals surface area contributed by atoms with Gasteiger partial charge in [-0.3, -0.25) is 0 Å². The van der Waals surface area contributed by atoms with E-state index in [0.29, 0.717) is 0 Å². The van der Waals surface area contributed by atoms with Gasteiger partial charge in [0, 0.05) is 0 Å². The van der Waals surface area contributed by atoms with Crippen molar-refractivity contribution in [3.05, 3.63) is 11.6 Å². The van der Waals surface area contributed by atoms with Crippen LogP contribution in [0.5, 0.6) is 0 Å². The van der Waals surface area contributed by atoms with E-state index in [0.717, 1.165) is 25.7 Å². The van der Waals surface area contributed by atoms with Crippen molar-refractivity contribution in [2.75, 3.05) is 7.11 Å². The minimum atomic E-state index is -1.20. The fourth-order valence-corrected chi connectivity index (χ4v) is 1.87. The van der Waals surface area contributed by atoms with Gasteiger partial charge in [0.15, 0.2) is 0 Å². The van der Waals surface area contributed by atoms with Gasteiger partial charge in [-0.1, -0.05) is 25.3 Å². The molecule has 84 valence electrons. The summed E-state index contributed by atoms with van der Waals surface area (Å²) in [5, 5.41) is 8.84. The minimum absolute atomic E-state index is 0.212. The van der Waals surface area contributed by atoms with Crippen molar-refractivity contribution in [1.82, 2.24) is 0 Å². The number of rotatable bonds is 3. The third-order valence-corrected chi connectivity index (χ3v) is 2.69. The summed E-state index contributed by atoms with van der Waals surface area (Å²) in [6, 6.07) is 0. The first-order chi connectivity index (χ1) is 7.15. The van der Waals surface area contributed by atoms with E-state index in [1.807, 2.05) is 0 Å². The molecule has 0 atom stereocenters. The van der Waals surface area contributed by atoms with Gasteiger partial charge in [0.2, 0.25) is 0 Å². The zero-order chi connectivity index (χ0) is 11.3. The number of methoxy groups -OCH3 is 1. The fourth-order valence-electron chi connectivity index (χ4n) is 1.87. The summed E-state index contributed by atoms with van der Waals surface area (Å²) in [6.45, 7) is 0. The van der Waals surface area contributed by atoms with Crippen molar-refractivity contribution in [3.8, 4) is 0 Å². The van der Waals surface area contributed by atoms with Crippen molar-refractivity contribution in [2.45, 2.75) is 32.1 Å². The number of hydrogen-bond donors (Lipinski definition) is 1. The van der Waals surface area contributed by atoms with Crippen LogP contribution in [0.15, 0.2) is 11.6 Å². The Kier molecular flexibility index (Phi) is 4.34. The van der Waals surface area contributed by atoms with Crippen LogP contribution in [0.3, 0.4) is 0 Å². The summed E-state index contributed by atoms with van der Waals surface area (Å²) in [5.74, 6) is -1.75. The van der Waals surface area contributed by atoms with Gasteiger partial charge in [-0.25, -0.2) is 9.59 Å². The van der Waals surface area contributed by atoms with Gasteiger partial charge < -0.3 is 9.84 Å². The highest BCUT2D eigenvalue weighted by atomic mass is 16.5. The standard InChI is InChI=1S/C11H16O4/c1-15-11(14)9(10(12)13)7-8-5-3-2-4-6-8/h7-8H,2-6H2,1H3,(H,12,13). The van der Waals surface area contributed by atoms with Crippen LogP contribution in [-0.4, -0.2) is 24.2 Å². The predicted molar refractivity (Wildman–Crippen MR) is 54.3 cm³/mol. The minimum Gasteiger partial charge on any atom is -0.477 e. The van der Waals surface area contributed by atoms with E-state index in [9.17, 15) is 9.59 Å². The van der Waals surface area contributed by atoms with Gasteiger partial charge in [0.1, 0.15) is 5.57 Å². The lowest BCUT2D eigenvalue weighted by molar-refractivity contribution is -0.142. The summed E-state index contributed by atoms with van der Waals surface area (Å²) in [4.78, 5) is 22.0. The number of carboxylic acid groups (broad SMARTS) is 1. The largest absolute Gasteiger partial charge is 0.477 e. The maximum Gasteiger partial charge on any atom is 0.344 e. The topological polar surface area (TPSA) is 63.6 Å². The normalized spacial score (nSPS) is 18.6. The Balaban J connectivity index is 2.73. The van der Waals surface area contributed by atoms with Crippen molar-refractivity contribution < 1.29 is 19.4 Å². The third-order valence-electron chi connectivity index (χ3n) is 2.69. The summed E-state index contributed by atoms with van der Waals surface area (Å²) in [7, 11) is 1.19.